The monoisotopic (exact) mass is 460 g/mol. The molecule has 1 aromatic heterocycles. The molecule has 0 saturated heterocycles. The fraction of sp³-hybridized carbons (Fsp3) is 0.474. The number of aromatic nitrogens is 1. The van der Waals surface area contributed by atoms with E-state index in [1.165, 1.54) is 6.07 Å². The Kier molecular flexibility index (Phi) is 7.03. The lowest BCUT2D eigenvalue weighted by Gasteiger charge is -2.19. The Balaban J connectivity index is 2.24. The molecule has 0 unspecified atom stereocenters. The van der Waals surface area contributed by atoms with Crippen LogP contribution in [0.15, 0.2) is 16.6 Å². The van der Waals surface area contributed by atoms with Gasteiger partial charge in [0.1, 0.15) is 11.3 Å². The molecule has 154 valence electrons. The topological polar surface area (TPSA) is 69.6 Å². The number of halogens is 3. The van der Waals surface area contributed by atoms with Gasteiger partial charge in [0.25, 0.3) is 0 Å². The third-order valence-corrected chi connectivity index (χ3v) is 4.45. The summed E-state index contributed by atoms with van der Waals surface area (Å²) in [5, 5.41) is 2.99. The predicted molar refractivity (Wildman–Crippen MR) is 104 cm³/mol. The summed E-state index contributed by atoms with van der Waals surface area (Å²) in [6, 6.07) is 2.50. The van der Waals surface area contributed by atoms with E-state index in [-0.39, 0.29) is 29.9 Å². The quantitative estimate of drug-likeness (QED) is 0.382. The van der Waals surface area contributed by atoms with Gasteiger partial charge in [0.15, 0.2) is 11.6 Å². The first-order valence-corrected chi connectivity index (χ1v) is 9.65. The Bertz CT molecular complexity index is 890. The second kappa shape index (κ2) is 8.89. The Hall–Kier alpha value is -2.16. The highest BCUT2D eigenvalue weighted by Crippen LogP contribution is 2.32. The number of carbonyl (C=O) groups excluding carboxylic acids is 2. The summed E-state index contributed by atoms with van der Waals surface area (Å²) >= 11 is 3.07. The van der Waals surface area contributed by atoms with Gasteiger partial charge in [-0.1, -0.05) is 0 Å². The third-order valence-electron chi connectivity index (χ3n) is 3.73. The van der Waals surface area contributed by atoms with Crippen LogP contribution in [0.25, 0.3) is 10.9 Å². The highest BCUT2D eigenvalue weighted by molar-refractivity contribution is 9.10. The lowest BCUT2D eigenvalue weighted by Crippen LogP contribution is -2.33. The SMILES string of the molecule is CCOC(=O)c1cc2cc(F)c(F)c(Br)c2n1CCCNC(=O)OC(C)(C)C. The molecule has 9 heteroatoms. The van der Waals surface area contributed by atoms with Gasteiger partial charge in [-0.3, -0.25) is 0 Å². The van der Waals surface area contributed by atoms with E-state index in [4.69, 9.17) is 9.47 Å². The normalized spacial score (nSPS) is 11.5. The Morgan fingerprint density at radius 3 is 2.54 bits per heavy atom. The van der Waals surface area contributed by atoms with Crippen LogP contribution in [0.1, 0.15) is 44.6 Å². The molecule has 6 nitrogen and oxygen atoms in total. The van der Waals surface area contributed by atoms with E-state index in [2.05, 4.69) is 21.2 Å². The van der Waals surface area contributed by atoms with Crippen molar-refractivity contribution in [3.05, 3.63) is 33.9 Å². The van der Waals surface area contributed by atoms with Crippen LogP contribution in [0, 0.1) is 11.6 Å². The van der Waals surface area contributed by atoms with Gasteiger partial charge in [0, 0.05) is 18.5 Å². The molecule has 1 aromatic carbocycles. The zero-order chi connectivity index (χ0) is 21.1. The van der Waals surface area contributed by atoms with Crippen molar-refractivity contribution < 1.29 is 27.8 Å². The maximum absolute atomic E-state index is 14.0. The predicted octanol–water partition coefficient (Wildman–Crippen LogP) is 4.77. The van der Waals surface area contributed by atoms with Gasteiger partial charge < -0.3 is 19.4 Å². The highest BCUT2D eigenvalue weighted by atomic mass is 79.9. The molecule has 1 N–H and O–H groups in total. The van der Waals surface area contributed by atoms with Crippen LogP contribution in [0.4, 0.5) is 13.6 Å². The summed E-state index contributed by atoms with van der Waals surface area (Å²) < 4.78 is 39.4. The van der Waals surface area contributed by atoms with Gasteiger partial charge in [-0.05, 0) is 62.2 Å². The van der Waals surface area contributed by atoms with E-state index >= 15 is 0 Å². The summed E-state index contributed by atoms with van der Waals surface area (Å²) in [5.74, 6) is -2.64. The van der Waals surface area contributed by atoms with E-state index in [0.717, 1.165) is 6.07 Å². The average Bonchev–Trinajstić information content (AvgIpc) is 2.94. The largest absolute Gasteiger partial charge is 0.461 e. The number of carbonyl (C=O) groups is 2. The Morgan fingerprint density at radius 2 is 1.93 bits per heavy atom. The zero-order valence-corrected chi connectivity index (χ0v) is 17.8. The molecule has 2 rings (SSSR count). The van der Waals surface area contributed by atoms with Crippen molar-refractivity contribution in [1.82, 2.24) is 9.88 Å². The van der Waals surface area contributed by atoms with Crippen molar-refractivity contribution in [2.75, 3.05) is 13.2 Å². The van der Waals surface area contributed by atoms with Gasteiger partial charge in [0.05, 0.1) is 16.6 Å². The van der Waals surface area contributed by atoms with Crippen LogP contribution in [-0.2, 0) is 16.0 Å². The summed E-state index contributed by atoms with van der Waals surface area (Å²) in [6.07, 6.45) is -0.120. The summed E-state index contributed by atoms with van der Waals surface area (Å²) in [4.78, 5) is 24.0. The number of fused-ring (bicyclic) bond motifs is 1. The van der Waals surface area contributed by atoms with Gasteiger partial charge >= 0.3 is 12.1 Å². The van der Waals surface area contributed by atoms with E-state index in [1.54, 1.807) is 32.3 Å². The molecule has 0 atom stereocenters. The molecular weight excluding hydrogens is 438 g/mol. The number of ether oxygens (including phenoxy) is 2. The number of hydrogen-bond donors (Lipinski definition) is 1. The first kappa shape index (κ1) is 22.1. The van der Waals surface area contributed by atoms with Crippen LogP contribution >= 0.6 is 15.9 Å². The summed E-state index contributed by atoms with van der Waals surface area (Å²) in [7, 11) is 0. The minimum Gasteiger partial charge on any atom is -0.461 e. The van der Waals surface area contributed by atoms with Crippen LogP contribution in [-0.4, -0.2) is 35.4 Å². The minimum absolute atomic E-state index is 0.0712. The van der Waals surface area contributed by atoms with E-state index in [9.17, 15) is 18.4 Å². The van der Waals surface area contributed by atoms with E-state index < -0.39 is 29.3 Å². The molecule has 0 bridgehead atoms. The molecule has 1 heterocycles. The number of aryl methyl sites for hydroxylation is 1. The highest BCUT2D eigenvalue weighted by Gasteiger charge is 2.22. The Labute approximate surface area is 170 Å². The molecule has 0 aliphatic carbocycles. The van der Waals surface area contributed by atoms with Crippen LogP contribution in [0.5, 0.6) is 0 Å². The van der Waals surface area contributed by atoms with Crippen LogP contribution < -0.4 is 5.32 Å². The molecule has 0 spiro atoms. The molecule has 0 aliphatic heterocycles. The van der Waals surface area contributed by atoms with E-state index in [1.807, 2.05) is 0 Å². The van der Waals surface area contributed by atoms with Crippen molar-refractivity contribution in [2.24, 2.45) is 0 Å². The standard InChI is InChI=1S/C19H23BrF2N2O4/c1-5-27-17(25)13-10-11-9-12(21)15(22)14(20)16(11)24(13)8-6-7-23-18(26)28-19(2,3)4/h9-10H,5-8H2,1-4H3,(H,23,26). The minimum atomic E-state index is -1.03. The molecular formula is C19H23BrF2N2O4. The third kappa shape index (κ3) is 5.21. The lowest BCUT2D eigenvalue weighted by molar-refractivity contribution is 0.0503. The summed E-state index contributed by atoms with van der Waals surface area (Å²) in [6.45, 7) is 7.67. The Morgan fingerprint density at radius 1 is 1.25 bits per heavy atom. The van der Waals surface area contributed by atoms with Crippen molar-refractivity contribution >= 4 is 38.9 Å². The van der Waals surface area contributed by atoms with Crippen molar-refractivity contribution in [1.29, 1.82) is 0 Å². The number of hydrogen-bond acceptors (Lipinski definition) is 4. The lowest BCUT2D eigenvalue weighted by atomic mass is 10.2. The molecule has 0 fully saturated rings. The molecule has 0 saturated carbocycles. The van der Waals surface area contributed by atoms with Crippen molar-refractivity contribution in [3.8, 4) is 0 Å². The second-order valence-electron chi connectivity index (χ2n) is 7.11. The number of amides is 1. The summed E-state index contributed by atoms with van der Waals surface area (Å²) in [5.41, 5.74) is -0.0800. The number of nitrogens with zero attached hydrogens (tertiary/aromatic N) is 1. The average molecular weight is 461 g/mol. The van der Waals surface area contributed by atoms with Crippen molar-refractivity contribution in [2.45, 2.75) is 46.3 Å². The number of esters is 1. The molecule has 2 aromatic rings. The number of alkyl carbamates (subject to hydrolysis) is 1. The van der Waals surface area contributed by atoms with Gasteiger partial charge in [-0.25, -0.2) is 18.4 Å². The van der Waals surface area contributed by atoms with Gasteiger partial charge in [-0.15, -0.1) is 0 Å². The van der Waals surface area contributed by atoms with Gasteiger partial charge in [-0.2, -0.15) is 0 Å². The maximum atomic E-state index is 14.0. The smallest absolute Gasteiger partial charge is 0.407 e. The molecule has 0 radical (unpaired) electrons. The fourth-order valence-corrected chi connectivity index (χ4v) is 3.31. The molecule has 1 amide bonds. The fourth-order valence-electron chi connectivity index (χ4n) is 2.68. The second-order valence-corrected chi connectivity index (χ2v) is 7.90. The van der Waals surface area contributed by atoms with Crippen molar-refractivity contribution in [3.63, 3.8) is 0 Å². The number of nitrogens with one attached hydrogen (secondary N) is 1. The van der Waals surface area contributed by atoms with E-state index in [0.29, 0.717) is 17.3 Å². The molecule has 28 heavy (non-hydrogen) atoms. The first-order chi connectivity index (χ1) is 13.0. The first-order valence-electron chi connectivity index (χ1n) is 8.86. The maximum Gasteiger partial charge on any atom is 0.407 e. The number of benzene rings is 1. The molecule has 0 aliphatic rings. The van der Waals surface area contributed by atoms with Crippen LogP contribution in [0.3, 0.4) is 0 Å². The number of rotatable bonds is 6. The van der Waals surface area contributed by atoms with Gasteiger partial charge in [0.2, 0.25) is 0 Å². The zero-order valence-electron chi connectivity index (χ0n) is 16.2. The van der Waals surface area contributed by atoms with Crippen LogP contribution in [0.2, 0.25) is 0 Å².